The van der Waals surface area contributed by atoms with Gasteiger partial charge in [0.25, 0.3) is 0 Å². The third-order valence-corrected chi connectivity index (χ3v) is 2.79. The van der Waals surface area contributed by atoms with Crippen LogP contribution in [0.3, 0.4) is 0 Å². The molecule has 1 heterocycles. The van der Waals surface area contributed by atoms with Gasteiger partial charge in [-0.05, 0) is 18.8 Å². The molecule has 0 N–H and O–H groups in total. The Morgan fingerprint density at radius 3 is 2.69 bits per heavy atom. The lowest BCUT2D eigenvalue weighted by atomic mass is 10.2. The van der Waals surface area contributed by atoms with Gasteiger partial charge in [0.2, 0.25) is 5.91 Å². The van der Waals surface area contributed by atoms with Crippen molar-refractivity contribution in [1.29, 1.82) is 0 Å². The highest BCUT2D eigenvalue weighted by atomic mass is 16.2. The Morgan fingerprint density at radius 2 is 2.23 bits per heavy atom. The van der Waals surface area contributed by atoms with Crippen LogP contribution in [0.5, 0.6) is 0 Å². The van der Waals surface area contributed by atoms with E-state index in [9.17, 15) is 9.59 Å². The van der Waals surface area contributed by atoms with Crippen LogP contribution in [0.1, 0.15) is 26.2 Å². The summed E-state index contributed by atoms with van der Waals surface area (Å²) in [5, 5.41) is 0. The van der Waals surface area contributed by atoms with Crippen LogP contribution < -0.4 is 0 Å². The van der Waals surface area contributed by atoms with E-state index in [-0.39, 0.29) is 17.6 Å². The summed E-state index contributed by atoms with van der Waals surface area (Å²) in [6.07, 6.45) is 2.70. The maximum atomic E-state index is 11.4. The number of hydrogen-bond acceptors (Lipinski definition) is 2. The topological polar surface area (TPSA) is 37.4 Å². The van der Waals surface area contributed by atoms with Gasteiger partial charge in [-0.25, -0.2) is 0 Å². The van der Waals surface area contributed by atoms with Crippen molar-refractivity contribution in [2.24, 2.45) is 11.8 Å². The molecule has 0 aromatic heterocycles. The molecule has 0 aromatic carbocycles. The zero-order valence-electron chi connectivity index (χ0n) is 7.95. The SMILES string of the molecule is CC1CC(=O)N(CC(=O)C2CC2)C1. The molecule has 0 spiro atoms. The van der Waals surface area contributed by atoms with Crippen molar-refractivity contribution in [3.8, 4) is 0 Å². The highest BCUT2D eigenvalue weighted by Crippen LogP contribution is 2.30. The predicted octanol–water partition coefficient (Wildman–Crippen LogP) is 0.834. The number of carbonyl (C=O) groups excluding carboxylic acids is 2. The number of carbonyl (C=O) groups is 2. The Labute approximate surface area is 78.1 Å². The maximum absolute atomic E-state index is 11.4. The molecule has 1 aliphatic carbocycles. The zero-order valence-corrected chi connectivity index (χ0v) is 7.95. The Balaban J connectivity index is 1.86. The number of rotatable bonds is 3. The lowest BCUT2D eigenvalue weighted by molar-refractivity contribution is -0.132. The summed E-state index contributed by atoms with van der Waals surface area (Å²) < 4.78 is 0. The minimum atomic E-state index is 0.154. The van der Waals surface area contributed by atoms with E-state index in [0.29, 0.717) is 18.9 Å². The first-order valence-electron chi connectivity index (χ1n) is 4.97. The highest BCUT2D eigenvalue weighted by molar-refractivity contribution is 5.89. The lowest BCUT2D eigenvalue weighted by Gasteiger charge is -2.14. The number of ketones is 1. The van der Waals surface area contributed by atoms with E-state index in [1.54, 1.807) is 4.90 Å². The van der Waals surface area contributed by atoms with Gasteiger partial charge in [-0.2, -0.15) is 0 Å². The Kier molecular flexibility index (Phi) is 2.10. The van der Waals surface area contributed by atoms with E-state index in [1.165, 1.54) is 0 Å². The van der Waals surface area contributed by atoms with Crippen molar-refractivity contribution < 1.29 is 9.59 Å². The molecule has 72 valence electrons. The number of hydrogen-bond donors (Lipinski definition) is 0. The van der Waals surface area contributed by atoms with Gasteiger partial charge >= 0.3 is 0 Å². The molecule has 2 aliphatic rings. The van der Waals surface area contributed by atoms with E-state index in [0.717, 1.165) is 19.4 Å². The molecule has 2 rings (SSSR count). The quantitative estimate of drug-likeness (QED) is 0.646. The number of likely N-dealkylation sites (tertiary alicyclic amines) is 1. The summed E-state index contributed by atoms with van der Waals surface area (Å²) >= 11 is 0. The van der Waals surface area contributed by atoms with Crippen molar-refractivity contribution >= 4 is 11.7 Å². The largest absolute Gasteiger partial charge is 0.335 e. The fourth-order valence-corrected chi connectivity index (χ4v) is 1.85. The molecule has 0 aromatic rings. The summed E-state index contributed by atoms with van der Waals surface area (Å²) in [4.78, 5) is 24.5. The molecule has 1 unspecified atom stereocenters. The van der Waals surface area contributed by atoms with Crippen LogP contribution in [-0.2, 0) is 9.59 Å². The monoisotopic (exact) mass is 181 g/mol. The number of amides is 1. The van der Waals surface area contributed by atoms with E-state index in [1.807, 2.05) is 0 Å². The molecule has 1 aliphatic heterocycles. The fraction of sp³-hybridized carbons (Fsp3) is 0.800. The molecule has 0 bridgehead atoms. The first-order valence-corrected chi connectivity index (χ1v) is 4.97. The summed E-state index contributed by atoms with van der Waals surface area (Å²) in [5.74, 6) is 1.13. The van der Waals surface area contributed by atoms with Crippen LogP contribution in [0.4, 0.5) is 0 Å². The van der Waals surface area contributed by atoms with Gasteiger partial charge in [0.15, 0.2) is 5.78 Å². The van der Waals surface area contributed by atoms with Crippen LogP contribution in [0.25, 0.3) is 0 Å². The van der Waals surface area contributed by atoms with Gasteiger partial charge in [-0.15, -0.1) is 0 Å². The molecular weight excluding hydrogens is 166 g/mol. The van der Waals surface area contributed by atoms with Crippen molar-refractivity contribution in [2.45, 2.75) is 26.2 Å². The molecule has 13 heavy (non-hydrogen) atoms. The minimum Gasteiger partial charge on any atom is -0.335 e. The Hall–Kier alpha value is -0.860. The summed E-state index contributed by atoms with van der Waals surface area (Å²) in [7, 11) is 0. The molecule has 1 saturated heterocycles. The van der Waals surface area contributed by atoms with Crippen LogP contribution in [-0.4, -0.2) is 29.7 Å². The van der Waals surface area contributed by atoms with Gasteiger partial charge in [0.1, 0.15) is 0 Å². The maximum Gasteiger partial charge on any atom is 0.223 e. The molecule has 2 fully saturated rings. The van der Waals surface area contributed by atoms with E-state index < -0.39 is 0 Å². The molecule has 3 nitrogen and oxygen atoms in total. The van der Waals surface area contributed by atoms with Crippen LogP contribution in [0.15, 0.2) is 0 Å². The smallest absolute Gasteiger partial charge is 0.223 e. The molecule has 1 atom stereocenters. The second-order valence-corrected chi connectivity index (χ2v) is 4.32. The lowest BCUT2D eigenvalue weighted by Crippen LogP contribution is -2.31. The Bertz CT molecular complexity index is 245. The second-order valence-electron chi connectivity index (χ2n) is 4.32. The van der Waals surface area contributed by atoms with Gasteiger partial charge in [-0.3, -0.25) is 9.59 Å². The predicted molar refractivity (Wildman–Crippen MR) is 48.1 cm³/mol. The third-order valence-electron chi connectivity index (χ3n) is 2.79. The zero-order chi connectivity index (χ0) is 9.42. The van der Waals surface area contributed by atoms with Crippen LogP contribution >= 0.6 is 0 Å². The third kappa shape index (κ3) is 1.90. The summed E-state index contributed by atoms with van der Waals surface area (Å²) in [6.45, 7) is 3.20. The summed E-state index contributed by atoms with van der Waals surface area (Å²) in [6, 6.07) is 0. The van der Waals surface area contributed by atoms with Gasteiger partial charge in [0.05, 0.1) is 6.54 Å². The molecular formula is C10H15NO2. The first kappa shape index (κ1) is 8.73. The highest BCUT2D eigenvalue weighted by Gasteiger charge is 2.34. The normalized spacial score (nSPS) is 28.2. The molecule has 3 heteroatoms. The molecule has 1 saturated carbocycles. The van der Waals surface area contributed by atoms with Crippen LogP contribution in [0, 0.1) is 11.8 Å². The van der Waals surface area contributed by atoms with Gasteiger partial charge in [0, 0.05) is 18.9 Å². The van der Waals surface area contributed by atoms with Crippen molar-refractivity contribution in [3.63, 3.8) is 0 Å². The number of nitrogens with zero attached hydrogens (tertiary/aromatic N) is 1. The van der Waals surface area contributed by atoms with Crippen LogP contribution in [0.2, 0.25) is 0 Å². The van der Waals surface area contributed by atoms with Crippen molar-refractivity contribution in [1.82, 2.24) is 4.90 Å². The van der Waals surface area contributed by atoms with E-state index >= 15 is 0 Å². The average Bonchev–Trinajstić information content (AvgIpc) is 2.81. The van der Waals surface area contributed by atoms with Crippen molar-refractivity contribution in [2.75, 3.05) is 13.1 Å². The standard InChI is InChI=1S/C10H15NO2/c1-7-4-10(13)11(5-7)6-9(12)8-2-3-8/h7-8H,2-6H2,1H3. The van der Waals surface area contributed by atoms with Gasteiger partial charge in [-0.1, -0.05) is 6.92 Å². The molecule has 0 radical (unpaired) electrons. The Morgan fingerprint density at radius 1 is 1.54 bits per heavy atom. The van der Waals surface area contributed by atoms with Gasteiger partial charge < -0.3 is 4.90 Å². The van der Waals surface area contributed by atoms with E-state index in [4.69, 9.17) is 0 Å². The molecule has 1 amide bonds. The average molecular weight is 181 g/mol. The minimum absolute atomic E-state index is 0.154. The first-order chi connectivity index (χ1) is 6.16. The number of Topliss-reactive ketones (excluding diaryl/α,β-unsaturated/α-hetero) is 1. The van der Waals surface area contributed by atoms with E-state index in [2.05, 4.69) is 6.92 Å². The summed E-state index contributed by atoms with van der Waals surface area (Å²) in [5.41, 5.74) is 0. The van der Waals surface area contributed by atoms with Crippen molar-refractivity contribution in [3.05, 3.63) is 0 Å². The second kappa shape index (κ2) is 3.13. The fourth-order valence-electron chi connectivity index (χ4n) is 1.85.